The van der Waals surface area contributed by atoms with Crippen molar-refractivity contribution in [3.05, 3.63) is 89.5 Å². The van der Waals surface area contributed by atoms with E-state index >= 15 is 0 Å². The van der Waals surface area contributed by atoms with Crippen LogP contribution in [0.2, 0.25) is 0 Å². The largest absolute Gasteiger partial charge is 0.478 e. The Bertz CT molecular complexity index is 1100. The number of carboxylic acids is 1. The second kappa shape index (κ2) is 9.29. The molecule has 0 saturated carbocycles. The Morgan fingerprint density at radius 3 is 2.17 bits per heavy atom. The normalized spacial score (nSPS) is 10.6. The fourth-order valence-corrected chi connectivity index (χ4v) is 2.50. The first-order chi connectivity index (χ1) is 14.4. The number of carboxylic acid groups (broad SMARTS) is 1. The van der Waals surface area contributed by atoms with Crippen LogP contribution in [0.1, 0.15) is 33.2 Å². The zero-order valence-electron chi connectivity index (χ0n) is 15.9. The fourth-order valence-electron chi connectivity index (χ4n) is 2.50. The number of nitrogens with zero attached hydrogens (tertiary/aromatic N) is 1. The number of hydrogen-bond donors (Lipinski definition) is 1. The molecule has 3 aromatic carbocycles. The minimum Gasteiger partial charge on any atom is -0.478 e. The van der Waals surface area contributed by atoms with Crippen LogP contribution in [0.15, 0.2) is 77.8 Å². The van der Waals surface area contributed by atoms with E-state index in [1.807, 2.05) is 0 Å². The maximum absolute atomic E-state index is 12.4. The molecule has 3 aromatic rings. The standard InChI is InChI=1S/C23H17NO6/c1-15(25)29-21-5-3-2-4-20(21)23(28)30-19-12-6-16(7-13-19)14-24-18-10-8-17(9-11-18)22(26)27/h2-14H,1H3,(H,26,27). The lowest BCUT2D eigenvalue weighted by Crippen LogP contribution is -2.12. The van der Waals surface area contributed by atoms with Crippen LogP contribution in [0.3, 0.4) is 0 Å². The number of esters is 2. The van der Waals surface area contributed by atoms with Crippen molar-refractivity contribution in [3.63, 3.8) is 0 Å². The first kappa shape index (κ1) is 20.5. The van der Waals surface area contributed by atoms with Gasteiger partial charge < -0.3 is 14.6 Å². The summed E-state index contributed by atoms with van der Waals surface area (Å²) in [5.41, 5.74) is 1.70. The monoisotopic (exact) mass is 403 g/mol. The molecule has 0 aliphatic heterocycles. The molecule has 0 heterocycles. The molecule has 0 spiro atoms. The van der Waals surface area contributed by atoms with Gasteiger partial charge in [0, 0.05) is 13.1 Å². The van der Waals surface area contributed by atoms with E-state index in [1.165, 1.54) is 31.2 Å². The summed E-state index contributed by atoms with van der Waals surface area (Å²) in [5, 5.41) is 8.90. The van der Waals surface area contributed by atoms with Crippen LogP contribution in [0.25, 0.3) is 0 Å². The molecule has 30 heavy (non-hydrogen) atoms. The minimum absolute atomic E-state index is 0.132. The molecule has 3 rings (SSSR count). The van der Waals surface area contributed by atoms with E-state index in [0.29, 0.717) is 11.4 Å². The van der Waals surface area contributed by atoms with Gasteiger partial charge >= 0.3 is 17.9 Å². The van der Waals surface area contributed by atoms with Crippen LogP contribution in [0.5, 0.6) is 11.5 Å². The Balaban J connectivity index is 1.67. The van der Waals surface area contributed by atoms with Crippen LogP contribution in [0, 0.1) is 0 Å². The summed E-state index contributed by atoms with van der Waals surface area (Å²) < 4.78 is 10.4. The molecule has 0 aromatic heterocycles. The summed E-state index contributed by atoms with van der Waals surface area (Å²) in [5.74, 6) is -1.72. The lowest BCUT2D eigenvalue weighted by atomic mass is 10.2. The van der Waals surface area contributed by atoms with E-state index < -0.39 is 17.9 Å². The third-order valence-corrected chi connectivity index (χ3v) is 3.93. The summed E-state index contributed by atoms with van der Waals surface area (Å²) in [6, 6.07) is 19.2. The number of hydrogen-bond acceptors (Lipinski definition) is 6. The zero-order valence-corrected chi connectivity index (χ0v) is 15.9. The van der Waals surface area contributed by atoms with E-state index in [2.05, 4.69) is 4.99 Å². The molecule has 0 bridgehead atoms. The molecule has 0 aliphatic rings. The molecule has 7 heteroatoms. The van der Waals surface area contributed by atoms with Gasteiger partial charge in [-0.1, -0.05) is 12.1 Å². The fraction of sp³-hybridized carbons (Fsp3) is 0.0435. The Kier molecular flexibility index (Phi) is 6.34. The van der Waals surface area contributed by atoms with Crippen LogP contribution >= 0.6 is 0 Å². The van der Waals surface area contributed by atoms with E-state index in [-0.39, 0.29) is 16.9 Å². The molecule has 0 radical (unpaired) electrons. The Morgan fingerprint density at radius 2 is 1.53 bits per heavy atom. The van der Waals surface area contributed by atoms with Crippen molar-refractivity contribution < 1.29 is 29.0 Å². The molecule has 150 valence electrons. The van der Waals surface area contributed by atoms with Crippen molar-refractivity contribution in [2.75, 3.05) is 0 Å². The van der Waals surface area contributed by atoms with Crippen molar-refractivity contribution in [1.29, 1.82) is 0 Å². The highest BCUT2D eigenvalue weighted by Crippen LogP contribution is 2.21. The maximum atomic E-state index is 12.4. The van der Waals surface area contributed by atoms with Gasteiger partial charge in [0.1, 0.15) is 17.1 Å². The van der Waals surface area contributed by atoms with E-state index in [4.69, 9.17) is 14.6 Å². The average molecular weight is 403 g/mol. The number of para-hydroxylation sites is 1. The number of benzene rings is 3. The smallest absolute Gasteiger partial charge is 0.347 e. The highest BCUT2D eigenvalue weighted by Gasteiger charge is 2.15. The first-order valence-corrected chi connectivity index (χ1v) is 8.89. The third kappa shape index (κ3) is 5.39. The van der Waals surface area contributed by atoms with Crippen molar-refractivity contribution >= 4 is 29.8 Å². The van der Waals surface area contributed by atoms with Crippen molar-refractivity contribution in [1.82, 2.24) is 0 Å². The second-order valence-corrected chi connectivity index (χ2v) is 6.16. The highest BCUT2D eigenvalue weighted by atomic mass is 16.5. The summed E-state index contributed by atoms with van der Waals surface area (Å²) in [6.45, 7) is 1.25. The SMILES string of the molecule is CC(=O)Oc1ccccc1C(=O)Oc1ccc(C=Nc2ccc(C(=O)O)cc2)cc1. The number of carbonyl (C=O) groups is 3. The van der Waals surface area contributed by atoms with Gasteiger partial charge in [-0.3, -0.25) is 9.79 Å². The highest BCUT2D eigenvalue weighted by molar-refractivity contribution is 5.95. The molecule has 1 N–H and O–H groups in total. The Hall–Kier alpha value is -4.26. The maximum Gasteiger partial charge on any atom is 0.347 e. The van der Waals surface area contributed by atoms with Gasteiger partial charge in [0.25, 0.3) is 0 Å². The zero-order chi connectivity index (χ0) is 21.5. The van der Waals surface area contributed by atoms with Gasteiger partial charge in [0.15, 0.2) is 0 Å². The van der Waals surface area contributed by atoms with Crippen LogP contribution in [-0.2, 0) is 4.79 Å². The summed E-state index contributed by atoms with van der Waals surface area (Å²) in [4.78, 5) is 38.7. The van der Waals surface area contributed by atoms with Gasteiger partial charge in [-0.2, -0.15) is 0 Å². The Morgan fingerprint density at radius 1 is 0.867 bits per heavy atom. The number of carbonyl (C=O) groups excluding carboxylic acids is 2. The van der Waals surface area contributed by atoms with Gasteiger partial charge in [-0.15, -0.1) is 0 Å². The molecule has 0 amide bonds. The Labute approximate surface area is 172 Å². The molecule has 0 atom stereocenters. The quantitative estimate of drug-likeness (QED) is 0.374. The summed E-state index contributed by atoms with van der Waals surface area (Å²) in [7, 11) is 0. The van der Waals surface area contributed by atoms with Crippen LogP contribution < -0.4 is 9.47 Å². The summed E-state index contributed by atoms with van der Waals surface area (Å²) >= 11 is 0. The minimum atomic E-state index is -0.994. The molecule has 0 aliphatic carbocycles. The topological polar surface area (TPSA) is 102 Å². The van der Waals surface area contributed by atoms with Crippen molar-refractivity contribution in [2.45, 2.75) is 6.92 Å². The first-order valence-electron chi connectivity index (χ1n) is 8.89. The van der Waals surface area contributed by atoms with Crippen LogP contribution in [0.4, 0.5) is 5.69 Å². The molecule has 0 unspecified atom stereocenters. The predicted octanol–water partition coefficient (Wildman–Crippen LogP) is 4.28. The van der Waals surface area contributed by atoms with Crippen molar-refractivity contribution in [3.8, 4) is 11.5 Å². The number of aliphatic imine (C=N–C) groups is 1. The molecule has 7 nitrogen and oxygen atoms in total. The molecule has 0 fully saturated rings. The molecular formula is C23H17NO6. The van der Waals surface area contributed by atoms with E-state index in [0.717, 1.165) is 5.56 Å². The van der Waals surface area contributed by atoms with Gasteiger partial charge in [-0.05, 0) is 66.2 Å². The molecular weight excluding hydrogens is 386 g/mol. The number of aromatic carboxylic acids is 1. The number of ether oxygens (including phenoxy) is 2. The third-order valence-electron chi connectivity index (χ3n) is 3.93. The van der Waals surface area contributed by atoms with E-state index in [9.17, 15) is 14.4 Å². The van der Waals surface area contributed by atoms with Crippen LogP contribution in [-0.4, -0.2) is 29.2 Å². The average Bonchev–Trinajstić information content (AvgIpc) is 2.73. The van der Waals surface area contributed by atoms with Gasteiger partial charge in [0.2, 0.25) is 0 Å². The predicted molar refractivity (Wildman–Crippen MR) is 110 cm³/mol. The van der Waals surface area contributed by atoms with Crippen molar-refractivity contribution in [2.24, 2.45) is 4.99 Å². The van der Waals surface area contributed by atoms with Gasteiger partial charge in [0.05, 0.1) is 11.3 Å². The van der Waals surface area contributed by atoms with E-state index in [1.54, 1.807) is 54.7 Å². The molecule has 0 saturated heterocycles. The van der Waals surface area contributed by atoms with Gasteiger partial charge in [-0.25, -0.2) is 9.59 Å². The number of rotatable bonds is 6. The lowest BCUT2D eigenvalue weighted by molar-refractivity contribution is -0.131. The lowest BCUT2D eigenvalue weighted by Gasteiger charge is -2.08. The summed E-state index contributed by atoms with van der Waals surface area (Å²) in [6.07, 6.45) is 1.61. The second-order valence-electron chi connectivity index (χ2n) is 6.16.